The van der Waals surface area contributed by atoms with E-state index in [1.54, 1.807) is 0 Å². The Morgan fingerprint density at radius 1 is 1.33 bits per heavy atom. The van der Waals surface area contributed by atoms with Gasteiger partial charge in [-0.25, -0.2) is 0 Å². The highest BCUT2D eigenvalue weighted by atomic mass is 16.5. The van der Waals surface area contributed by atoms with Gasteiger partial charge in [0.15, 0.2) is 0 Å². The number of hydrogen-bond acceptors (Lipinski definition) is 3. The largest absolute Gasteiger partial charge is 0.469 e. The number of methoxy groups -OCH3 is 1. The molecule has 2 saturated carbocycles. The number of aliphatic hydroxyl groups excluding tert-OH is 1. The lowest BCUT2D eigenvalue weighted by Gasteiger charge is -2.55. The molecule has 15 heavy (non-hydrogen) atoms. The third-order valence-electron chi connectivity index (χ3n) is 4.22. The van der Waals surface area contributed by atoms with Crippen molar-refractivity contribution in [2.45, 2.75) is 51.6 Å². The zero-order valence-corrected chi connectivity index (χ0v) is 9.58. The van der Waals surface area contributed by atoms with E-state index in [1.165, 1.54) is 7.11 Å². The Balaban J connectivity index is 1.94. The van der Waals surface area contributed by atoms with Gasteiger partial charge in [0.25, 0.3) is 0 Å². The molecule has 0 bridgehead atoms. The first kappa shape index (κ1) is 10.9. The second-order valence-corrected chi connectivity index (χ2v) is 5.64. The number of carbonyl (C=O) groups excluding carboxylic acids is 1. The van der Waals surface area contributed by atoms with E-state index in [2.05, 4.69) is 0 Å². The third kappa shape index (κ3) is 1.78. The van der Waals surface area contributed by atoms with E-state index >= 15 is 0 Å². The average molecular weight is 212 g/mol. The van der Waals surface area contributed by atoms with Crippen LogP contribution in [0.5, 0.6) is 0 Å². The Labute approximate surface area is 90.8 Å². The monoisotopic (exact) mass is 212 g/mol. The lowest BCUT2D eigenvalue weighted by Crippen LogP contribution is -2.51. The molecule has 0 radical (unpaired) electrons. The van der Waals surface area contributed by atoms with E-state index in [0.717, 1.165) is 38.5 Å². The summed E-state index contributed by atoms with van der Waals surface area (Å²) >= 11 is 0. The Kier molecular flexibility index (Phi) is 2.53. The van der Waals surface area contributed by atoms with Gasteiger partial charge in [0, 0.05) is 0 Å². The topological polar surface area (TPSA) is 46.5 Å². The molecule has 3 nitrogen and oxygen atoms in total. The third-order valence-corrected chi connectivity index (χ3v) is 4.22. The Bertz CT molecular complexity index is 256. The van der Waals surface area contributed by atoms with Crippen LogP contribution in [0.1, 0.15) is 45.4 Å². The number of rotatable bonds is 1. The Morgan fingerprint density at radius 2 is 1.87 bits per heavy atom. The lowest BCUT2D eigenvalue weighted by molar-refractivity contribution is -0.171. The molecule has 2 aliphatic rings. The molecule has 0 amide bonds. The summed E-state index contributed by atoms with van der Waals surface area (Å²) < 4.78 is 4.82. The normalized spacial score (nSPS) is 44.9. The first-order chi connectivity index (χ1) is 7.00. The van der Waals surface area contributed by atoms with Crippen molar-refractivity contribution in [3.8, 4) is 0 Å². The second kappa shape index (κ2) is 3.48. The summed E-state index contributed by atoms with van der Waals surface area (Å²) in [6, 6.07) is 0. The van der Waals surface area contributed by atoms with Crippen molar-refractivity contribution in [2.24, 2.45) is 10.8 Å². The first-order valence-corrected chi connectivity index (χ1v) is 5.76. The van der Waals surface area contributed by atoms with Crippen LogP contribution in [0.25, 0.3) is 0 Å². The van der Waals surface area contributed by atoms with Gasteiger partial charge in [0.1, 0.15) is 0 Å². The summed E-state index contributed by atoms with van der Waals surface area (Å²) in [5.74, 6) is -0.0701. The molecule has 0 aromatic rings. The lowest BCUT2D eigenvalue weighted by atomic mass is 9.49. The molecule has 0 aliphatic heterocycles. The summed E-state index contributed by atoms with van der Waals surface area (Å²) in [6.07, 6.45) is 5.72. The van der Waals surface area contributed by atoms with Crippen LogP contribution < -0.4 is 0 Å². The zero-order valence-electron chi connectivity index (χ0n) is 9.58. The molecule has 2 rings (SSSR count). The van der Waals surface area contributed by atoms with E-state index < -0.39 is 0 Å². The van der Waals surface area contributed by atoms with Crippen LogP contribution in [0.15, 0.2) is 0 Å². The van der Waals surface area contributed by atoms with Crippen LogP contribution in [-0.4, -0.2) is 24.3 Å². The van der Waals surface area contributed by atoms with Gasteiger partial charge in [-0.3, -0.25) is 4.79 Å². The van der Waals surface area contributed by atoms with Crippen LogP contribution in [0.4, 0.5) is 0 Å². The predicted molar refractivity (Wildman–Crippen MR) is 56.3 cm³/mol. The minimum Gasteiger partial charge on any atom is -0.469 e. The molecule has 0 atom stereocenters. The number of aliphatic hydroxyl groups is 1. The van der Waals surface area contributed by atoms with E-state index in [4.69, 9.17) is 4.74 Å². The van der Waals surface area contributed by atoms with Gasteiger partial charge in [-0.05, 0) is 50.9 Å². The fourth-order valence-electron chi connectivity index (χ4n) is 3.56. The summed E-state index contributed by atoms with van der Waals surface area (Å²) in [7, 11) is 1.46. The van der Waals surface area contributed by atoms with Crippen LogP contribution in [0.2, 0.25) is 0 Å². The zero-order chi connectivity index (χ0) is 11.1. The number of carbonyl (C=O) groups is 1. The average Bonchev–Trinajstić information content (AvgIpc) is 2.18. The molecule has 3 heteroatoms. The smallest absolute Gasteiger partial charge is 0.311 e. The maximum atomic E-state index is 11.5. The fourth-order valence-corrected chi connectivity index (χ4v) is 3.56. The summed E-state index contributed by atoms with van der Waals surface area (Å²) in [5.41, 5.74) is 0.0826. The standard InChI is InChI=1S/C12H20O3/c1-11(10(14)15-2)7-12(8-11)5-3-9(13)4-6-12/h9,13H,3-8H2,1-2H3. The van der Waals surface area contributed by atoms with Crippen molar-refractivity contribution in [3.05, 3.63) is 0 Å². The number of ether oxygens (including phenoxy) is 1. The molecule has 0 aromatic carbocycles. The van der Waals surface area contributed by atoms with Gasteiger partial charge in [-0.2, -0.15) is 0 Å². The van der Waals surface area contributed by atoms with Gasteiger partial charge < -0.3 is 9.84 Å². The molecule has 2 fully saturated rings. The fraction of sp³-hybridized carbons (Fsp3) is 0.917. The minimum atomic E-state index is -0.253. The maximum Gasteiger partial charge on any atom is 0.311 e. The van der Waals surface area contributed by atoms with Crippen molar-refractivity contribution in [1.82, 2.24) is 0 Å². The predicted octanol–water partition coefficient (Wildman–Crippen LogP) is 1.88. The van der Waals surface area contributed by atoms with E-state index in [9.17, 15) is 9.90 Å². The first-order valence-electron chi connectivity index (χ1n) is 5.76. The molecule has 86 valence electrons. The molecule has 2 aliphatic carbocycles. The van der Waals surface area contributed by atoms with Gasteiger partial charge >= 0.3 is 5.97 Å². The summed E-state index contributed by atoms with van der Waals surface area (Å²) in [6.45, 7) is 2.00. The highest BCUT2D eigenvalue weighted by Crippen LogP contribution is 2.61. The number of esters is 1. The Hall–Kier alpha value is -0.570. The van der Waals surface area contributed by atoms with Crippen LogP contribution >= 0.6 is 0 Å². The van der Waals surface area contributed by atoms with Gasteiger partial charge in [0.2, 0.25) is 0 Å². The van der Waals surface area contributed by atoms with Crippen LogP contribution in [-0.2, 0) is 9.53 Å². The SMILES string of the molecule is COC(=O)C1(C)CC2(CCC(O)CC2)C1. The van der Waals surface area contributed by atoms with E-state index in [1.807, 2.05) is 6.92 Å². The van der Waals surface area contributed by atoms with Crippen molar-refractivity contribution in [3.63, 3.8) is 0 Å². The number of hydrogen-bond donors (Lipinski definition) is 1. The van der Waals surface area contributed by atoms with Crippen LogP contribution in [0.3, 0.4) is 0 Å². The second-order valence-electron chi connectivity index (χ2n) is 5.64. The Morgan fingerprint density at radius 3 is 2.33 bits per heavy atom. The molecule has 0 heterocycles. The van der Waals surface area contributed by atoms with Crippen molar-refractivity contribution in [2.75, 3.05) is 7.11 Å². The molecule has 0 saturated heterocycles. The highest BCUT2D eigenvalue weighted by Gasteiger charge is 2.56. The minimum absolute atomic E-state index is 0.0701. The molecule has 1 N–H and O–H groups in total. The van der Waals surface area contributed by atoms with Crippen molar-refractivity contribution in [1.29, 1.82) is 0 Å². The molecular formula is C12H20O3. The quantitative estimate of drug-likeness (QED) is 0.675. The van der Waals surface area contributed by atoms with Crippen molar-refractivity contribution >= 4 is 5.97 Å². The van der Waals surface area contributed by atoms with Gasteiger partial charge in [-0.15, -0.1) is 0 Å². The van der Waals surface area contributed by atoms with Crippen LogP contribution in [0, 0.1) is 10.8 Å². The molecule has 0 aromatic heterocycles. The molecule has 1 spiro atoms. The van der Waals surface area contributed by atoms with Gasteiger partial charge in [0.05, 0.1) is 18.6 Å². The van der Waals surface area contributed by atoms with E-state index in [0.29, 0.717) is 5.41 Å². The highest BCUT2D eigenvalue weighted by molar-refractivity contribution is 5.77. The van der Waals surface area contributed by atoms with E-state index in [-0.39, 0.29) is 17.5 Å². The van der Waals surface area contributed by atoms with Crippen molar-refractivity contribution < 1.29 is 14.6 Å². The molecular weight excluding hydrogens is 192 g/mol. The summed E-state index contributed by atoms with van der Waals surface area (Å²) in [5, 5.41) is 9.45. The maximum absolute atomic E-state index is 11.5. The van der Waals surface area contributed by atoms with Gasteiger partial charge in [-0.1, -0.05) is 0 Å². The summed E-state index contributed by atoms with van der Waals surface area (Å²) in [4.78, 5) is 11.5. The molecule has 0 unspecified atom stereocenters.